The van der Waals surface area contributed by atoms with E-state index in [2.05, 4.69) is 15.9 Å². The summed E-state index contributed by atoms with van der Waals surface area (Å²) in [6.07, 6.45) is -0.692. The first kappa shape index (κ1) is 14.9. The summed E-state index contributed by atoms with van der Waals surface area (Å²) in [5.74, 6) is -0.818. The van der Waals surface area contributed by atoms with Crippen LogP contribution in [0.25, 0.3) is 0 Å². The summed E-state index contributed by atoms with van der Waals surface area (Å²) in [4.78, 5) is 0. The molecule has 0 aromatic heterocycles. The molecule has 0 aliphatic rings. The highest BCUT2D eigenvalue weighted by Gasteiger charge is 2.10. The minimum absolute atomic E-state index is 0.0187. The van der Waals surface area contributed by atoms with Crippen LogP contribution in [0.2, 0.25) is 0 Å². The Kier molecular flexibility index (Phi) is 4.73. The molecule has 0 spiro atoms. The molecule has 1 N–H and O–H groups in total. The van der Waals surface area contributed by atoms with E-state index in [4.69, 9.17) is 4.74 Å². The lowest BCUT2D eigenvalue weighted by molar-refractivity contribution is 0.190. The molecule has 2 aromatic carbocycles. The van der Waals surface area contributed by atoms with E-state index in [0.29, 0.717) is 16.9 Å². The lowest BCUT2D eigenvalue weighted by Gasteiger charge is -2.14. The molecule has 0 unspecified atom stereocenters. The molecule has 2 rings (SSSR count). The van der Waals surface area contributed by atoms with E-state index in [9.17, 15) is 13.9 Å². The molecule has 5 heteroatoms. The van der Waals surface area contributed by atoms with Crippen LogP contribution in [-0.4, -0.2) is 5.11 Å². The molecule has 0 saturated heterocycles. The summed E-state index contributed by atoms with van der Waals surface area (Å²) >= 11 is 3.31. The van der Waals surface area contributed by atoms with Crippen LogP contribution < -0.4 is 4.74 Å². The van der Waals surface area contributed by atoms with Crippen LogP contribution in [0.1, 0.15) is 24.2 Å². The van der Waals surface area contributed by atoms with Crippen molar-refractivity contribution in [2.75, 3.05) is 0 Å². The summed E-state index contributed by atoms with van der Waals surface area (Å²) in [7, 11) is 0. The molecule has 0 amide bonds. The number of ether oxygens (including phenoxy) is 1. The smallest absolute Gasteiger partial charge is 0.126 e. The summed E-state index contributed by atoms with van der Waals surface area (Å²) < 4.78 is 32.5. The molecule has 0 bridgehead atoms. The number of hydrogen-bond acceptors (Lipinski definition) is 2. The number of aliphatic hydroxyl groups excluding tert-OH is 1. The number of aliphatic hydroxyl groups is 1. The van der Waals surface area contributed by atoms with E-state index in [1.54, 1.807) is 25.1 Å². The predicted molar refractivity (Wildman–Crippen MR) is 75.5 cm³/mol. The van der Waals surface area contributed by atoms with E-state index >= 15 is 0 Å². The Morgan fingerprint density at radius 1 is 1.15 bits per heavy atom. The van der Waals surface area contributed by atoms with Crippen LogP contribution in [0, 0.1) is 11.6 Å². The van der Waals surface area contributed by atoms with Crippen molar-refractivity contribution in [2.24, 2.45) is 0 Å². The van der Waals surface area contributed by atoms with Crippen molar-refractivity contribution in [1.82, 2.24) is 0 Å². The first-order chi connectivity index (χ1) is 9.45. The van der Waals surface area contributed by atoms with Gasteiger partial charge in [-0.3, -0.25) is 0 Å². The maximum Gasteiger partial charge on any atom is 0.126 e. The molecular formula is C15H13BrF2O2. The largest absolute Gasteiger partial charge is 0.488 e. The summed E-state index contributed by atoms with van der Waals surface area (Å²) in [5, 5.41) is 9.67. The zero-order chi connectivity index (χ0) is 14.7. The van der Waals surface area contributed by atoms with Gasteiger partial charge in [0.25, 0.3) is 0 Å². The van der Waals surface area contributed by atoms with Crippen molar-refractivity contribution < 1.29 is 18.6 Å². The van der Waals surface area contributed by atoms with E-state index < -0.39 is 17.7 Å². The molecule has 0 aliphatic heterocycles. The van der Waals surface area contributed by atoms with Gasteiger partial charge in [-0.05, 0) is 36.8 Å². The summed E-state index contributed by atoms with van der Waals surface area (Å²) in [5.41, 5.74) is 1.00. The Bertz CT molecular complexity index is 595. The first-order valence-electron chi connectivity index (χ1n) is 6.01. The zero-order valence-electron chi connectivity index (χ0n) is 10.7. The number of halogens is 3. The van der Waals surface area contributed by atoms with Crippen LogP contribution in [0.5, 0.6) is 5.75 Å². The average Bonchev–Trinajstić information content (AvgIpc) is 2.35. The fraction of sp³-hybridized carbons (Fsp3) is 0.200. The third kappa shape index (κ3) is 3.77. The zero-order valence-corrected chi connectivity index (χ0v) is 12.3. The molecule has 0 aliphatic carbocycles. The van der Waals surface area contributed by atoms with E-state index in [-0.39, 0.29) is 6.61 Å². The highest BCUT2D eigenvalue weighted by Crippen LogP contribution is 2.29. The van der Waals surface area contributed by atoms with E-state index in [0.717, 1.165) is 10.5 Å². The SMILES string of the molecule is C[C@H](O)c1ccc(Br)cc1OCc1cc(F)cc(F)c1. The predicted octanol–water partition coefficient (Wildman–Crippen LogP) is 4.36. The summed E-state index contributed by atoms with van der Waals surface area (Å²) in [6, 6.07) is 8.46. The van der Waals surface area contributed by atoms with Crippen molar-refractivity contribution in [3.63, 3.8) is 0 Å². The lowest BCUT2D eigenvalue weighted by atomic mass is 10.1. The summed E-state index contributed by atoms with van der Waals surface area (Å²) in [6.45, 7) is 1.64. The Labute approximate surface area is 124 Å². The van der Waals surface area contributed by atoms with Gasteiger partial charge in [-0.1, -0.05) is 22.0 Å². The third-order valence-electron chi connectivity index (χ3n) is 2.74. The quantitative estimate of drug-likeness (QED) is 0.894. The fourth-order valence-electron chi connectivity index (χ4n) is 1.83. The number of hydrogen-bond donors (Lipinski definition) is 1. The van der Waals surface area contributed by atoms with Crippen LogP contribution in [0.3, 0.4) is 0 Å². The fourth-order valence-corrected chi connectivity index (χ4v) is 2.17. The van der Waals surface area contributed by atoms with Gasteiger partial charge in [-0.15, -0.1) is 0 Å². The highest BCUT2D eigenvalue weighted by atomic mass is 79.9. The number of benzene rings is 2. The molecular weight excluding hydrogens is 330 g/mol. The third-order valence-corrected chi connectivity index (χ3v) is 3.24. The molecule has 0 heterocycles. The van der Waals surface area contributed by atoms with Crippen LogP contribution in [0.15, 0.2) is 40.9 Å². The van der Waals surface area contributed by atoms with Crippen molar-refractivity contribution in [3.8, 4) is 5.75 Å². The van der Waals surface area contributed by atoms with Gasteiger partial charge in [-0.2, -0.15) is 0 Å². The average molecular weight is 343 g/mol. The lowest BCUT2D eigenvalue weighted by Crippen LogP contribution is -2.02. The molecule has 0 saturated carbocycles. The van der Waals surface area contributed by atoms with E-state index in [1.165, 1.54) is 12.1 Å². The standard InChI is InChI=1S/C15H13BrF2O2/c1-9(19)14-3-2-11(16)6-15(14)20-8-10-4-12(17)7-13(18)5-10/h2-7,9,19H,8H2,1H3/t9-/m0/s1. The van der Waals surface area contributed by atoms with Gasteiger partial charge in [0.05, 0.1) is 6.10 Å². The van der Waals surface area contributed by atoms with Gasteiger partial charge in [0, 0.05) is 16.1 Å². The highest BCUT2D eigenvalue weighted by molar-refractivity contribution is 9.10. The molecule has 20 heavy (non-hydrogen) atoms. The minimum atomic E-state index is -0.692. The van der Waals surface area contributed by atoms with Gasteiger partial charge in [-0.25, -0.2) is 8.78 Å². The Morgan fingerprint density at radius 3 is 2.40 bits per heavy atom. The Morgan fingerprint density at radius 2 is 1.80 bits per heavy atom. The van der Waals surface area contributed by atoms with Crippen molar-refractivity contribution in [2.45, 2.75) is 19.6 Å². The van der Waals surface area contributed by atoms with Gasteiger partial charge >= 0.3 is 0 Å². The maximum atomic E-state index is 13.1. The topological polar surface area (TPSA) is 29.5 Å². The van der Waals surface area contributed by atoms with Gasteiger partial charge in [0.15, 0.2) is 0 Å². The van der Waals surface area contributed by atoms with Gasteiger partial charge < -0.3 is 9.84 Å². The van der Waals surface area contributed by atoms with Gasteiger partial charge in [0.1, 0.15) is 24.0 Å². The number of rotatable bonds is 4. The molecule has 106 valence electrons. The second-order valence-corrected chi connectivity index (χ2v) is 5.34. The minimum Gasteiger partial charge on any atom is -0.488 e. The van der Waals surface area contributed by atoms with Crippen LogP contribution in [0.4, 0.5) is 8.78 Å². The van der Waals surface area contributed by atoms with Crippen molar-refractivity contribution in [1.29, 1.82) is 0 Å². The second kappa shape index (κ2) is 6.33. The Hall–Kier alpha value is -1.46. The molecule has 2 nitrogen and oxygen atoms in total. The van der Waals surface area contributed by atoms with E-state index in [1.807, 2.05) is 0 Å². The van der Waals surface area contributed by atoms with Crippen molar-refractivity contribution in [3.05, 3.63) is 63.6 Å². The monoisotopic (exact) mass is 342 g/mol. The van der Waals surface area contributed by atoms with Gasteiger partial charge in [0.2, 0.25) is 0 Å². The van der Waals surface area contributed by atoms with Crippen LogP contribution in [-0.2, 0) is 6.61 Å². The molecule has 2 aromatic rings. The van der Waals surface area contributed by atoms with Crippen molar-refractivity contribution >= 4 is 15.9 Å². The molecule has 1 atom stereocenters. The maximum absolute atomic E-state index is 13.1. The molecule has 0 radical (unpaired) electrons. The normalized spacial score (nSPS) is 12.2. The molecule has 0 fully saturated rings. The van der Waals surface area contributed by atoms with Crippen LogP contribution >= 0.6 is 15.9 Å². The second-order valence-electron chi connectivity index (χ2n) is 4.42. The Balaban J connectivity index is 2.20. The first-order valence-corrected chi connectivity index (χ1v) is 6.80.